The highest BCUT2D eigenvalue weighted by atomic mass is 35.5. The van der Waals surface area contributed by atoms with Gasteiger partial charge in [0.1, 0.15) is 19.5 Å². The molecule has 0 saturated carbocycles. The number of benzene rings is 1. The Morgan fingerprint density at radius 1 is 1.22 bits per heavy atom. The molecule has 9 heteroatoms. The van der Waals surface area contributed by atoms with Crippen molar-refractivity contribution in [2.24, 2.45) is 0 Å². The predicted molar refractivity (Wildman–Crippen MR) is 85.6 cm³/mol. The summed E-state index contributed by atoms with van der Waals surface area (Å²) in [5, 5.41) is 3.15. The Morgan fingerprint density at radius 3 is 2.43 bits per heavy atom. The Bertz CT molecular complexity index is 639. The number of ether oxygens (including phenoxy) is 3. The molecule has 1 aliphatic rings. The first-order valence-electron chi connectivity index (χ1n) is 6.49. The molecule has 0 fully saturated rings. The van der Waals surface area contributed by atoms with Crippen LogP contribution < -0.4 is 5.32 Å². The minimum Gasteiger partial charge on any atom is -0.493 e. The molecule has 23 heavy (non-hydrogen) atoms. The first kappa shape index (κ1) is 17.7. The Labute approximate surface area is 147 Å². The standard InChI is InChI=1S/C14H12Cl3NO5/c1-7(23-14(20)11-6-21-2-3-22-11)13(19)18-12-9(16)4-8(15)5-10(12)17/h4-7H,2-3H2,1H3,(H,18,19)/t7-/m1/s1. The van der Waals surface area contributed by atoms with E-state index in [0.717, 1.165) is 6.26 Å². The maximum atomic E-state index is 12.1. The first-order valence-corrected chi connectivity index (χ1v) is 7.63. The molecule has 2 rings (SSSR count). The summed E-state index contributed by atoms with van der Waals surface area (Å²) in [5.74, 6) is -1.51. The molecule has 0 radical (unpaired) electrons. The van der Waals surface area contributed by atoms with Crippen LogP contribution in [0.5, 0.6) is 0 Å². The molecule has 1 aromatic rings. The second-order valence-corrected chi connectivity index (χ2v) is 5.73. The summed E-state index contributed by atoms with van der Waals surface area (Å²) in [6.45, 7) is 1.98. The van der Waals surface area contributed by atoms with Gasteiger partial charge in [-0.1, -0.05) is 34.8 Å². The third-order valence-electron chi connectivity index (χ3n) is 2.76. The molecular weight excluding hydrogens is 369 g/mol. The normalized spacial score (nSPS) is 14.9. The number of carbonyl (C=O) groups is 2. The molecule has 0 bridgehead atoms. The van der Waals surface area contributed by atoms with Crippen LogP contribution in [0.15, 0.2) is 24.2 Å². The first-order chi connectivity index (χ1) is 10.9. The highest BCUT2D eigenvalue weighted by Crippen LogP contribution is 2.33. The molecule has 124 valence electrons. The van der Waals surface area contributed by atoms with Crippen molar-refractivity contribution < 1.29 is 23.8 Å². The third kappa shape index (κ3) is 4.67. The summed E-state index contributed by atoms with van der Waals surface area (Å²) in [5.41, 5.74) is 0.182. The van der Waals surface area contributed by atoms with Crippen LogP contribution in [-0.2, 0) is 23.8 Å². The fourth-order valence-corrected chi connectivity index (χ4v) is 2.55. The lowest BCUT2D eigenvalue weighted by atomic mass is 10.3. The minimum atomic E-state index is -1.10. The summed E-state index contributed by atoms with van der Waals surface area (Å²) in [6, 6.07) is 2.86. The topological polar surface area (TPSA) is 73.9 Å². The number of hydrogen-bond acceptors (Lipinski definition) is 5. The Kier molecular flexibility index (Phi) is 5.98. The molecule has 1 N–H and O–H groups in total. The third-order valence-corrected chi connectivity index (χ3v) is 3.57. The van der Waals surface area contributed by atoms with E-state index in [1.165, 1.54) is 19.1 Å². The van der Waals surface area contributed by atoms with Gasteiger partial charge in [0.15, 0.2) is 6.10 Å². The molecule has 0 aliphatic carbocycles. The van der Waals surface area contributed by atoms with Crippen molar-refractivity contribution in [2.75, 3.05) is 18.5 Å². The van der Waals surface area contributed by atoms with Gasteiger partial charge in [-0.2, -0.15) is 0 Å². The van der Waals surface area contributed by atoms with Crippen molar-refractivity contribution in [1.29, 1.82) is 0 Å². The molecule has 0 unspecified atom stereocenters. The Morgan fingerprint density at radius 2 is 1.87 bits per heavy atom. The molecule has 0 aromatic heterocycles. The van der Waals surface area contributed by atoms with Crippen LogP contribution >= 0.6 is 34.8 Å². The molecule has 0 saturated heterocycles. The highest BCUT2D eigenvalue weighted by Gasteiger charge is 2.24. The average Bonchev–Trinajstić information content (AvgIpc) is 2.51. The zero-order valence-corrected chi connectivity index (χ0v) is 14.2. The predicted octanol–water partition coefficient (Wildman–Crippen LogP) is 3.41. The lowest BCUT2D eigenvalue weighted by molar-refractivity contribution is -0.153. The molecule has 1 heterocycles. The van der Waals surface area contributed by atoms with Crippen LogP contribution in [0.3, 0.4) is 0 Å². The Hall–Kier alpha value is -1.63. The molecule has 1 aliphatic heterocycles. The van der Waals surface area contributed by atoms with Crippen molar-refractivity contribution in [3.8, 4) is 0 Å². The van der Waals surface area contributed by atoms with Crippen molar-refractivity contribution >= 4 is 52.4 Å². The van der Waals surface area contributed by atoms with Gasteiger partial charge in [-0.05, 0) is 19.1 Å². The van der Waals surface area contributed by atoms with Gasteiger partial charge in [0.2, 0.25) is 5.76 Å². The van der Waals surface area contributed by atoms with Crippen LogP contribution in [0.4, 0.5) is 5.69 Å². The largest absolute Gasteiger partial charge is 0.493 e. The van der Waals surface area contributed by atoms with Gasteiger partial charge in [0.25, 0.3) is 5.91 Å². The van der Waals surface area contributed by atoms with Crippen molar-refractivity contribution in [3.05, 3.63) is 39.2 Å². The number of amides is 1. The van der Waals surface area contributed by atoms with E-state index in [4.69, 9.17) is 49.0 Å². The zero-order chi connectivity index (χ0) is 17.0. The number of esters is 1. The number of anilines is 1. The van der Waals surface area contributed by atoms with Crippen LogP contribution in [-0.4, -0.2) is 31.2 Å². The second kappa shape index (κ2) is 7.77. The van der Waals surface area contributed by atoms with Gasteiger partial charge < -0.3 is 19.5 Å². The number of nitrogens with one attached hydrogen (secondary N) is 1. The van der Waals surface area contributed by atoms with E-state index in [2.05, 4.69) is 5.32 Å². The van der Waals surface area contributed by atoms with Gasteiger partial charge in [-0.3, -0.25) is 4.79 Å². The second-order valence-electron chi connectivity index (χ2n) is 4.48. The van der Waals surface area contributed by atoms with E-state index >= 15 is 0 Å². The summed E-state index contributed by atoms with van der Waals surface area (Å²) in [6.07, 6.45) is 0.0420. The van der Waals surface area contributed by atoms with E-state index < -0.39 is 18.0 Å². The van der Waals surface area contributed by atoms with E-state index in [-0.39, 0.29) is 28.1 Å². The smallest absolute Gasteiger partial charge is 0.377 e. The van der Waals surface area contributed by atoms with E-state index in [9.17, 15) is 9.59 Å². The number of rotatable bonds is 4. The maximum absolute atomic E-state index is 12.1. The van der Waals surface area contributed by atoms with Crippen molar-refractivity contribution in [3.63, 3.8) is 0 Å². The van der Waals surface area contributed by atoms with Crippen LogP contribution in [0.2, 0.25) is 15.1 Å². The van der Waals surface area contributed by atoms with Crippen molar-refractivity contribution in [1.82, 2.24) is 0 Å². The minimum absolute atomic E-state index is 0.0987. The van der Waals surface area contributed by atoms with Crippen LogP contribution in [0.1, 0.15) is 6.92 Å². The fourth-order valence-electron chi connectivity index (χ4n) is 1.63. The molecule has 0 spiro atoms. The van der Waals surface area contributed by atoms with Crippen molar-refractivity contribution in [2.45, 2.75) is 13.0 Å². The zero-order valence-electron chi connectivity index (χ0n) is 11.9. The summed E-state index contributed by atoms with van der Waals surface area (Å²) >= 11 is 17.7. The van der Waals surface area contributed by atoms with E-state index in [0.29, 0.717) is 11.6 Å². The molecule has 6 nitrogen and oxygen atoms in total. The average molecular weight is 381 g/mol. The molecular formula is C14H12Cl3NO5. The van der Waals surface area contributed by atoms with Gasteiger partial charge in [0, 0.05) is 5.02 Å². The van der Waals surface area contributed by atoms with Crippen LogP contribution in [0.25, 0.3) is 0 Å². The van der Waals surface area contributed by atoms with Crippen LogP contribution in [0, 0.1) is 0 Å². The van der Waals surface area contributed by atoms with Gasteiger partial charge in [-0.15, -0.1) is 0 Å². The van der Waals surface area contributed by atoms with E-state index in [1.54, 1.807) is 0 Å². The van der Waals surface area contributed by atoms with Gasteiger partial charge in [0.05, 0.1) is 15.7 Å². The molecule has 1 atom stereocenters. The Balaban J connectivity index is 2.00. The maximum Gasteiger partial charge on any atom is 0.377 e. The fraction of sp³-hybridized carbons (Fsp3) is 0.286. The van der Waals surface area contributed by atoms with E-state index in [1.807, 2.05) is 0 Å². The summed E-state index contributed by atoms with van der Waals surface area (Å²) in [4.78, 5) is 23.9. The lowest BCUT2D eigenvalue weighted by Crippen LogP contribution is -2.31. The SMILES string of the molecule is C[C@@H](OC(=O)C1=COCCO1)C(=O)Nc1c(Cl)cc(Cl)cc1Cl. The number of halogens is 3. The number of carbonyl (C=O) groups excluding carboxylic acids is 2. The quantitative estimate of drug-likeness (QED) is 0.810. The highest BCUT2D eigenvalue weighted by molar-refractivity contribution is 6.42. The lowest BCUT2D eigenvalue weighted by Gasteiger charge is -2.18. The summed E-state index contributed by atoms with van der Waals surface area (Å²) < 4.78 is 15.0. The monoisotopic (exact) mass is 379 g/mol. The number of hydrogen-bond donors (Lipinski definition) is 1. The molecule has 1 amide bonds. The van der Waals surface area contributed by atoms with Gasteiger partial charge >= 0.3 is 5.97 Å². The summed E-state index contributed by atoms with van der Waals surface area (Å²) in [7, 11) is 0. The molecule has 1 aromatic carbocycles. The van der Waals surface area contributed by atoms with Gasteiger partial charge in [-0.25, -0.2) is 4.79 Å².